The number of hydrogen-bond acceptors (Lipinski definition) is 2. The van der Waals surface area contributed by atoms with E-state index in [0.29, 0.717) is 6.04 Å². The van der Waals surface area contributed by atoms with Crippen LogP contribution < -0.4 is 5.32 Å². The first kappa shape index (κ1) is 14.1. The van der Waals surface area contributed by atoms with Crippen molar-refractivity contribution in [1.82, 2.24) is 9.55 Å². The topological polar surface area (TPSA) is 29.9 Å². The minimum atomic E-state index is -0.193. The summed E-state index contributed by atoms with van der Waals surface area (Å²) in [5.74, 6) is 0.706. The standard InChI is InChI=1S/C17H22FN3/c1-12-11-21(13(2)14-6-5-7-15(18)10-14)17(19-12)20-16-8-3-4-9-16/h5-7,10-11,13,16H,3-4,8-9H2,1-2H3,(H,19,20). The Bertz CT molecular complexity index is 614. The lowest BCUT2D eigenvalue weighted by Crippen LogP contribution is -2.19. The molecule has 1 fully saturated rings. The zero-order valence-corrected chi connectivity index (χ0v) is 12.6. The number of rotatable bonds is 4. The van der Waals surface area contributed by atoms with E-state index in [1.54, 1.807) is 12.1 Å². The second-order valence-electron chi connectivity index (χ2n) is 5.97. The number of nitrogens with one attached hydrogen (secondary N) is 1. The normalized spacial score (nSPS) is 17.1. The lowest BCUT2D eigenvalue weighted by atomic mass is 10.1. The molecule has 0 amide bonds. The van der Waals surface area contributed by atoms with Crippen LogP contribution in [0.1, 0.15) is 49.9 Å². The van der Waals surface area contributed by atoms with E-state index >= 15 is 0 Å². The number of anilines is 1. The molecule has 1 aliphatic carbocycles. The fourth-order valence-corrected chi connectivity index (χ4v) is 3.10. The molecule has 1 aromatic carbocycles. The lowest BCUT2D eigenvalue weighted by molar-refractivity contribution is 0.602. The Morgan fingerprint density at radius 3 is 2.81 bits per heavy atom. The Balaban J connectivity index is 1.86. The van der Waals surface area contributed by atoms with Crippen LogP contribution in [0.5, 0.6) is 0 Å². The zero-order valence-electron chi connectivity index (χ0n) is 12.6. The number of nitrogens with zero attached hydrogens (tertiary/aromatic N) is 2. The lowest BCUT2D eigenvalue weighted by Gasteiger charge is -2.20. The summed E-state index contributed by atoms with van der Waals surface area (Å²) < 4.78 is 15.5. The molecule has 1 aliphatic rings. The van der Waals surface area contributed by atoms with Gasteiger partial charge in [-0.2, -0.15) is 0 Å². The maximum absolute atomic E-state index is 13.4. The summed E-state index contributed by atoms with van der Waals surface area (Å²) in [6.45, 7) is 4.07. The maximum Gasteiger partial charge on any atom is 0.203 e. The molecule has 112 valence electrons. The zero-order chi connectivity index (χ0) is 14.8. The molecule has 0 spiro atoms. The molecule has 0 aliphatic heterocycles. The molecule has 1 unspecified atom stereocenters. The van der Waals surface area contributed by atoms with Crippen molar-refractivity contribution in [2.75, 3.05) is 5.32 Å². The molecule has 0 bridgehead atoms. The van der Waals surface area contributed by atoms with Crippen LogP contribution in [0, 0.1) is 12.7 Å². The van der Waals surface area contributed by atoms with E-state index < -0.39 is 0 Å². The molecule has 1 saturated carbocycles. The highest BCUT2D eigenvalue weighted by molar-refractivity contribution is 5.34. The molecule has 1 heterocycles. The van der Waals surface area contributed by atoms with Gasteiger partial charge in [-0.05, 0) is 44.4 Å². The van der Waals surface area contributed by atoms with Crippen LogP contribution >= 0.6 is 0 Å². The van der Waals surface area contributed by atoms with Crippen molar-refractivity contribution in [1.29, 1.82) is 0 Å². The van der Waals surface area contributed by atoms with Gasteiger partial charge < -0.3 is 9.88 Å². The van der Waals surface area contributed by atoms with Crippen LogP contribution in [0.3, 0.4) is 0 Å². The van der Waals surface area contributed by atoms with Gasteiger partial charge >= 0.3 is 0 Å². The molecule has 1 aromatic heterocycles. The summed E-state index contributed by atoms with van der Waals surface area (Å²) in [6.07, 6.45) is 7.03. The highest BCUT2D eigenvalue weighted by Crippen LogP contribution is 2.26. The van der Waals surface area contributed by atoms with Gasteiger partial charge in [0.1, 0.15) is 5.82 Å². The van der Waals surface area contributed by atoms with Crippen molar-refractivity contribution in [2.45, 2.75) is 51.6 Å². The Morgan fingerprint density at radius 2 is 2.10 bits per heavy atom. The fourth-order valence-electron chi connectivity index (χ4n) is 3.10. The third kappa shape index (κ3) is 3.09. The first-order valence-corrected chi connectivity index (χ1v) is 7.71. The van der Waals surface area contributed by atoms with E-state index in [9.17, 15) is 4.39 Å². The highest BCUT2D eigenvalue weighted by atomic mass is 19.1. The summed E-state index contributed by atoms with van der Waals surface area (Å²) in [5.41, 5.74) is 1.95. The first-order valence-electron chi connectivity index (χ1n) is 7.71. The number of halogens is 1. The predicted molar refractivity (Wildman–Crippen MR) is 83.1 cm³/mol. The first-order chi connectivity index (χ1) is 10.1. The molecule has 2 aromatic rings. The summed E-state index contributed by atoms with van der Waals surface area (Å²) in [5, 5.41) is 3.55. The van der Waals surface area contributed by atoms with Crippen molar-refractivity contribution in [3.05, 3.63) is 47.5 Å². The van der Waals surface area contributed by atoms with Gasteiger partial charge in [0.2, 0.25) is 5.95 Å². The number of benzene rings is 1. The largest absolute Gasteiger partial charge is 0.353 e. The number of aryl methyl sites for hydroxylation is 1. The molecule has 3 rings (SSSR count). The van der Waals surface area contributed by atoms with Gasteiger partial charge in [0.05, 0.1) is 11.7 Å². The van der Waals surface area contributed by atoms with Crippen LogP contribution in [0.4, 0.5) is 10.3 Å². The minimum Gasteiger partial charge on any atom is -0.353 e. The molecule has 3 nitrogen and oxygen atoms in total. The van der Waals surface area contributed by atoms with Crippen LogP contribution in [-0.4, -0.2) is 15.6 Å². The molecule has 1 N–H and O–H groups in total. The predicted octanol–water partition coefficient (Wildman–Crippen LogP) is 4.29. The molecule has 21 heavy (non-hydrogen) atoms. The van der Waals surface area contributed by atoms with Gasteiger partial charge in [-0.1, -0.05) is 25.0 Å². The van der Waals surface area contributed by atoms with E-state index in [4.69, 9.17) is 0 Å². The second-order valence-corrected chi connectivity index (χ2v) is 5.97. The van der Waals surface area contributed by atoms with E-state index in [1.165, 1.54) is 31.7 Å². The Morgan fingerprint density at radius 1 is 1.33 bits per heavy atom. The molecule has 0 radical (unpaired) electrons. The molecule has 1 atom stereocenters. The summed E-state index contributed by atoms with van der Waals surface area (Å²) in [6, 6.07) is 7.38. The van der Waals surface area contributed by atoms with Crippen molar-refractivity contribution in [3.8, 4) is 0 Å². The van der Waals surface area contributed by atoms with E-state index in [0.717, 1.165) is 17.2 Å². The number of aromatic nitrogens is 2. The Labute approximate surface area is 125 Å². The average molecular weight is 287 g/mol. The number of hydrogen-bond donors (Lipinski definition) is 1. The van der Waals surface area contributed by atoms with E-state index in [-0.39, 0.29) is 11.9 Å². The van der Waals surface area contributed by atoms with Crippen molar-refractivity contribution in [2.24, 2.45) is 0 Å². The fraction of sp³-hybridized carbons (Fsp3) is 0.471. The summed E-state index contributed by atoms with van der Waals surface area (Å²) >= 11 is 0. The SMILES string of the molecule is Cc1cn(C(C)c2cccc(F)c2)c(NC2CCCC2)n1. The maximum atomic E-state index is 13.4. The van der Waals surface area contributed by atoms with Crippen LogP contribution in [0.25, 0.3) is 0 Å². The van der Waals surface area contributed by atoms with Crippen LogP contribution in [0.15, 0.2) is 30.5 Å². The quantitative estimate of drug-likeness (QED) is 0.909. The summed E-state index contributed by atoms with van der Waals surface area (Å²) in [4.78, 5) is 4.60. The molecular weight excluding hydrogens is 265 g/mol. The Kier molecular flexibility index (Phi) is 3.95. The molecular formula is C17H22FN3. The Hall–Kier alpha value is -1.84. The summed E-state index contributed by atoms with van der Waals surface area (Å²) in [7, 11) is 0. The van der Waals surface area contributed by atoms with Crippen LogP contribution in [0.2, 0.25) is 0 Å². The van der Waals surface area contributed by atoms with Crippen molar-refractivity contribution < 1.29 is 4.39 Å². The van der Waals surface area contributed by atoms with Crippen molar-refractivity contribution >= 4 is 5.95 Å². The van der Waals surface area contributed by atoms with Gasteiger partial charge in [0.15, 0.2) is 0 Å². The van der Waals surface area contributed by atoms with Gasteiger partial charge in [-0.25, -0.2) is 9.37 Å². The third-order valence-electron chi connectivity index (χ3n) is 4.29. The second kappa shape index (κ2) is 5.88. The van der Waals surface area contributed by atoms with Gasteiger partial charge in [0.25, 0.3) is 0 Å². The average Bonchev–Trinajstić information content (AvgIpc) is 3.08. The van der Waals surface area contributed by atoms with Gasteiger partial charge in [0, 0.05) is 12.2 Å². The minimum absolute atomic E-state index is 0.0609. The van der Waals surface area contributed by atoms with Crippen LogP contribution in [-0.2, 0) is 0 Å². The van der Waals surface area contributed by atoms with Gasteiger partial charge in [-0.15, -0.1) is 0 Å². The third-order valence-corrected chi connectivity index (χ3v) is 4.29. The van der Waals surface area contributed by atoms with Gasteiger partial charge in [-0.3, -0.25) is 0 Å². The molecule has 4 heteroatoms. The molecule has 0 saturated heterocycles. The van der Waals surface area contributed by atoms with E-state index in [1.807, 2.05) is 19.2 Å². The highest BCUT2D eigenvalue weighted by Gasteiger charge is 2.19. The smallest absolute Gasteiger partial charge is 0.203 e. The monoisotopic (exact) mass is 287 g/mol. The van der Waals surface area contributed by atoms with Crippen molar-refractivity contribution in [3.63, 3.8) is 0 Å². The van der Waals surface area contributed by atoms with E-state index in [2.05, 4.69) is 21.8 Å². The number of imidazole rings is 1.